The van der Waals surface area contributed by atoms with Gasteiger partial charge in [0.15, 0.2) is 0 Å². The van der Waals surface area contributed by atoms with Crippen molar-refractivity contribution in [1.29, 1.82) is 0 Å². The van der Waals surface area contributed by atoms with Gasteiger partial charge in [-0.15, -0.1) is 11.8 Å². The van der Waals surface area contributed by atoms with E-state index in [0.717, 1.165) is 16.7 Å². The number of hydrogen-bond donors (Lipinski definition) is 0. The first-order valence-corrected chi connectivity index (χ1v) is 10.4. The van der Waals surface area contributed by atoms with E-state index in [1.165, 1.54) is 0 Å². The van der Waals surface area contributed by atoms with Crippen molar-refractivity contribution in [2.24, 2.45) is 0 Å². The van der Waals surface area contributed by atoms with Gasteiger partial charge >= 0.3 is 12.1 Å². The van der Waals surface area contributed by atoms with Gasteiger partial charge in [-0.05, 0) is 26.3 Å². The molecular formula is C21H18F5NO4S. The molecule has 1 fully saturated rings. The lowest BCUT2D eigenvalue weighted by Crippen LogP contribution is -2.47. The maximum atomic E-state index is 14.0. The van der Waals surface area contributed by atoms with Crippen molar-refractivity contribution >= 4 is 23.8 Å². The predicted molar refractivity (Wildman–Crippen MR) is 105 cm³/mol. The lowest BCUT2D eigenvalue weighted by molar-refractivity contribution is -0.139. The summed E-state index contributed by atoms with van der Waals surface area (Å²) in [6, 6.07) is 7.16. The summed E-state index contributed by atoms with van der Waals surface area (Å²) >= 11 is 1.15. The van der Waals surface area contributed by atoms with Crippen molar-refractivity contribution in [2.45, 2.75) is 37.8 Å². The standard InChI is InChI=1S/C21H18F5NO4S/c1-21(2,3)31-20(29)27-11(9-32-18(27)10-7-5-4-6-8-10)19(28)30-17-15(25)13(23)12(22)14(24)16(17)26/h4-8,11,18H,9H2,1-3H3. The van der Waals surface area contributed by atoms with E-state index >= 15 is 0 Å². The van der Waals surface area contributed by atoms with E-state index in [9.17, 15) is 31.5 Å². The molecule has 3 rings (SSSR count). The third-order valence-corrected chi connectivity index (χ3v) is 5.66. The summed E-state index contributed by atoms with van der Waals surface area (Å²) in [5, 5.41) is -0.708. The second-order valence-corrected chi connectivity index (χ2v) is 8.93. The molecule has 1 amide bonds. The molecule has 1 aliphatic rings. The van der Waals surface area contributed by atoms with E-state index in [1.54, 1.807) is 51.1 Å². The molecule has 2 unspecified atom stereocenters. The largest absolute Gasteiger partial charge is 0.444 e. The molecule has 0 spiro atoms. The zero-order valence-electron chi connectivity index (χ0n) is 17.1. The molecule has 1 aliphatic heterocycles. The van der Waals surface area contributed by atoms with Crippen molar-refractivity contribution in [2.75, 3.05) is 5.75 Å². The van der Waals surface area contributed by atoms with Crippen molar-refractivity contribution in [3.63, 3.8) is 0 Å². The SMILES string of the molecule is CC(C)(C)OC(=O)N1C(C(=O)Oc2c(F)c(F)c(F)c(F)c2F)CSC1c1ccccc1. The lowest BCUT2D eigenvalue weighted by Gasteiger charge is -2.31. The van der Waals surface area contributed by atoms with E-state index in [4.69, 9.17) is 4.74 Å². The Hall–Kier alpha value is -2.82. The molecule has 1 saturated heterocycles. The summed E-state index contributed by atoms with van der Waals surface area (Å²) in [4.78, 5) is 26.6. The van der Waals surface area contributed by atoms with E-state index in [2.05, 4.69) is 4.74 Å². The Balaban J connectivity index is 1.95. The Morgan fingerprint density at radius 3 is 2.00 bits per heavy atom. The van der Waals surface area contributed by atoms with Gasteiger partial charge in [0.25, 0.3) is 0 Å². The first-order chi connectivity index (χ1) is 14.9. The first-order valence-electron chi connectivity index (χ1n) is 9.33. The number of carbonyl (C=O) groups is 2. The molecule has 11 heteroatoms. The fourth-order valence-electron chi connectivity index (χ4n) is 2.94. The molecule has 0 aromatic heterocycles. The summed E-state index contributed by atoms with van der Waals surface area (Å²) in [5.74, 6) is -14.6. The Morgan fingerprint density at radius 1 is 0.938 bits per heavy atom. The summed E-state index contributed by atoms with van der Waals surface area (Å²) in [6.07, 6.45) is -0.907. The number of esters is 1. The zero-order valence-corrected chi connectivity index (χ0v) is 17.9. The van der Waals surface area contributed by atoms with Crippen LogP contribution in [0.4, 0.5) is 26.7 Å². The minimum atomic E-state index is -2.38. The number of nitrogens with zero attached hydrogens (tertiary/aromatic N) is 1. The monoisotopic (exact) mass is 475 g/mol. The smallest absolute Gasteiger partial charge is 0.412 e. The maximum absolute atomic E-state index is 14.0. The van der Waals surface area contributed by atoms with Crippen LogP contribution in [0.25, 0.3) is 0 Å². The van der Waals surface area contributed by atoms with Gasteiger partial charge in [0, 0.05) is 5.75 Å². The number of amides is 1. The van der Waals surface area contributed by atoms with Crippen LogP contribution in [0, 0.1) is 29.1 Å². The molecule has 2 aromatic rings. The Morgan fingerprint density at radius 2 is 1.47 bits per heavy atom. The highest BCUT2D eigenvalue weighted by Gasteiger charge is 2.46. The van der Waals surface area contributed by atoms with E-state index < -0.39 is 63.9 Å². The van der Waals surface area contributed by atoms with Gasteiger partial charge in [0.1, 0.15) is 17.0 Å². The van der Waals surface area contributed by atoms with Crippen LogP contribution in [0.2, 0.25) is 0 Å². The molecule has 0 radical (unpaired) electrons. The average Bonchev–Trinajstić information content (AvgIpc) is 3.19. The number of ether oxygens (including phenoxy) is 2. The highest BCUT2D eigenvalue weighted by atomic mass is 32.2. The number of rotatable bonds is 3. The van der Waals surface area contributed by atoms with Crippen LogP contribution < -0.4 is 4.74 Å². The van der Waals surface area contributed by atoms with E-state index in [0.29, 0.717) is 5.56 Å². The fraction of sp³-hybridized carbons (Fsp3) is 0.333. The number of halogens is 5. The molecule has 5 nitrogen and oxygen atoms in total. The third-order valence-electron chi connectivity index (χ3n) is 4.33. The van der Waals surface area contributed by atoms with Gasteiger partial charge in [-0.1, -0.05) is 30.3 Å². The second-order valence-electron chi connectivity index (χ2n) is 7.82. The predicted octanol–water partition coefficient (Wildman–Crippen LogP) is 5.34. The van der Waals surface area contributed by atoms with Gasteiger partial charge < -0.3 is 9.47 Å². The molecule has 1 heterocycles. The lowest BCUT2D eigenvalue weighted by atomic mass is 10.1. The van der Waals surface area contributed by atoms with E-state index in [-0.39, 0.29) is 5.75 Å². The number of hydrogen-bond acceptors (Lipinski definition) is 5. The summed E-state index contributed by atoms with van der Waals surface area (Å²) in [6.45, 7) is 4.81. The summed E-state index contributed by atoms with van der Waals surface area (Å²) < 4.78 is 78.0. The van der Waals surface area contributed by atoms with Crippen molar-refractivity contribution < 1.29 is 41.0 Å². The topological polar surface area (TPSA) is 55.8 Å². The molecule has 0 bridgehead atoms. The van der Waals surface area contributed by atoms with Crippen LogP contribution in [-0.2, 0) is 9.53 Å². The molecule has 0 saturated carbocycles. The molecule has 0 aliphatic carbocycles. The molecule has 0 N–H and O–H groups in total. The van der Waals surface area contributed by atoms with Crippen LogP contribution in [-0.4, -0.2) is 34.4 Å². The fourth-order valence-corrected chi connectivity index (χ4v) is 4.35. The molecule has 2 aromatic carbocycles. The minimum absolute atomic E-state index is 0.0625. The van der Waals surface area contributed by atoms with E-state index in [1.807, 2.05) is 0 Å². The van der Waals surface area contributed by atoms with Crippen molar-refractivity contribution in [1.82, 2.24) is 4.90 Å². The van der Waals surface area contributed by atoms with Crippen LogP contribution in [0.5, 0.6) is 5.75 Å². The molecule has 2 atom stereocenters. The van der Waals surface area contributed by atoms with Crippen LogP contribution in [0.3, 0.4) is 0 Å². The highest BCUT2D eigenvalue weighted by molar-refractivity contribution is 7.99. The van der Waals surface area contributed by atoms with Crippen LogP contribution in [0.1, 0.15) is 31.7 Å². The maximum Gasteiger partial charge on any atom is 0.412 e. The highest BCUT2D eigenvalue weighted by Crippen LogP contribution is 2.43. The molecule has 172 valence electrons. The molecule has 32 heavy (non-hydrogen) atoms. The van der Waals surface area contributed by atoms with Crippen molar-refractivity contribution in [3.05, 3.63) is 65.0 Å². The van der Waals surface area contributed by atoms with Gasteiger partial charge in [0.05, 0.1) is 0 Å². The second kappa shape index (κ2) is 8.97. The Kier molecular flexibility index (Phi) is 6.68. The normalized spacial score (nSPS) is 18.6. The Labute approximate surface area is 184 Å². The number of thioether (sulfide) groups is 1. The minimum Gasteiger partial charge on any atom is -0.444 e. The summed E-state index contributed by atoms with van der Waals surface area (Å²) in [7, 11) is 0. The van der Waals surface area contributed by atoms with Gasteiger partial charge in [-0.25, -0.2) is 22.8 Å². The summed E-state index contributed by atoms with van der Waals surface area (Å²) in [5.41, 5.74) is -0.295. The van der Waals surface area contributed by atoms with Crippen LogP contribution in [0.15, 0.2) is 30.3 Å². The first kappa shape index (κ1) is 23.8. The van der Waals surface area contributed by atoms with Gasteiger partial charge in [0.2, 0.25) is 34.8 Å². The quantitative estimate of drug-likeness (QED) is 0.197. The third kappa shape index (κ3) is 4.67. The molecular weight excluding hydrogens is 457 g/mol. The Bertz CT molecular complexity index is 1020. The number of carbonyl (C=O) groups excluding carboxylic acids is 2. The van der Waals surface area contributed by atoms with Gasteiger partial charge in [-0.3, -0.25) is 4.90 Å². The van der Waals surface area contributed by atoms with Crippen molar-refractivity contribution in [3.8, 4) is 5.75 Å². The number of benzene rings is 2. The average molecular weight is 475 g/mol. The zero-order chi connectivity index (χ0) is 23.8. The van der Waals surface area contributed by atoms with Crippen LogP contribution >= 0.6 is 11.8 Å². The van der Waals surface area contributed by atoms with Gasteiger partial charge in [-0.2, -0.15) is 8.78 Å².